The van der Waals surface area contributed by atoms with Crippen LogP contribution < -0.4 is 10.1 Å². The number of carbonyl (C=O) groups excluding carboxylic acids is 2. The van der Waals surface area contributed by atoms with E-state index in [9.17, 15) is 9.59 Å². The van der Waals surface area contributed by atoms with Gasteiger partial charge in [0.05, 0.1) is 6.04 Å². The largest absolute Gasteiger partial charge is 0.486 e. The van der Waals surface area contributed by atoms with Gasteiger partial charge in [0.1, 0.15) is 23.1 Å². The summed E-state index contributed by atoms with van der Waals surface area (Å²) in [6.45, 7) is 5.78. The molecule has 1 aliphatic carbocycles. The molecule has 182 valence electrons. The minimum Gasteiger partial charge on any atom is -0.486 e. The molecule has 1 aromatic heterocycles. The van der Waals surface area contributed by atoms with E-state index in [1.165, 1.54) is 22.5 Å². The van der Waals surface area contributed by atoms with Gasteiger partial charge in [0.15, 0.2) is 0 Å². The van der Waals surface area contributed by atoms with Gasteiger partial charge in [0, 0.05) is 24.4 Å². The number of aryl methyl sites for hydroxylation is 1. The third kappa shape index (κ3) is 5.25. The van der Waals surface area contributed by atoms with Crippen LogP contribution in [-0.4, -0.2) is 34.8 Å². The van der Waals surface area contributed by atoms with Gasteiger partial charge in [-0.15, -0.1) is 11.3 Å². The van der Waals surface area contributed by atoms with E-state index in [0.717, 1.165) is 54.1 Å². The molecule has 6 nitrogen and oxygen atoms in total. The normalized spacial score (nSPS) is 17.1. The predicted molar refractivity (Wildman–Crippen MR) is 137 cm³/mol. The summed E-state index contributed by atoms with van der Waals surface area (Å²) in [6, 6.07) is 14.5. The van der Waals surface area contributed by atoms with Crippen LogP contribution in [0.1, 0.15) is 70.0 Å². The maximum Gasteiger partial charge on any atom is 0.270 e. The lowest BCUT2D eigenvalue weighted by Gasteiger charge is -2.38. The number of amides is 2. The minimum absolute atomic E-state index is 0.107. The van der Waals surface area contributed by atoms with E-state index in [1.807, 2.05) is 13.0 Å². The number of rotatable bonds is 8. The van der Waals surface area contributed by atoms with E-state index in [-0.39, 0.29) is 23.8 Å². The molecule has 0 spiro atoms. The molecule has 1 atom stereocenters. The van der Waals surface area contributed by atoms with Crippen molar-refractivity contribution in [2.45, 2.75) is 52.2 Å². The zero-order chi connectivity index (χ0) is 24.4. The number of ether oxygens (including phenoxy) is 1. The minimum atomic E-state index is -0.149. The number of carbonyl (C=O) groups is 2. The second-order valence-corrected chi connectivity index (χ2v) is 10.3. The van der Waals surface area contributed by atoms with Crippen LogP contribution in [0.25, 0.3) is 0 Å². The van der Waals surface area contributed by atoms with Gasteiger partial charge in [0.2, 0.25) is 5.91 Å². The monoisotopic (exact) mass is 489 g/mol. The third-order valence-corrected chi connectivity index (χ3v) is 7.42. The maximum atomic E-state index is 13.2. The van der Waals surface area contributed by atoms with Crippen molar-refractivity contribution in [3.63, 3.8) is 0 Å². The Morgan fingerprint density at radius 2 is 2.06 bits per heavy atom. The summed E-state index contributed by atoms with van der Waals surface area (Å²) >= 11 is 1.42. The van der Waals surface area contributed by atoms with Crippen molar-refractivity contribution < 1.29 is 14.3 Å². The molecule has 0 saturated heterocycles. The highest BCUT2D eigenvalue weighted by Crippen LogP contribution is 2.41. The Kier molecular flexibility index (Phi) is 6.86. The molecule has 2 aliphatic rings. The van der Waals surface area contributed by atoms with E-state index in [1.54, 1.807) is 5.38 Å². The molecule has 7 heteroatoms. The summed E-state index contributed by atoms with van der Waals surface area (Å²) in [5, 5.41) is 5.38. The third-order valence-electron chi connectivity index (χ3n) is 6.60. The molecule has 1 aliphatic heterocycles. The number of thiazole rings is 1. The van der Waals surface area contributed by atoms with Gasteiger partial charge >= 0.3 is 0 Å². The topological polar surface area (TPSA) is 71.5 Å². The van der Waals surface area contributed by atoms with Crippen LogP contribution in [0.3, 0.4) is 0 Å². The van der Waals surface area contributed by atoms with E-state index < -0.39 is 0 Å². The lowest BCUT2D eigenvalue weighted by molar-refractivity contribution is -0.134. The van der Waals surface area contributed by atoms with E-state index >= 15 is 0 Å². The zero-order valence-corrected chi connectivity index (χ0v) is 21.1. The smallest absolute Gasteiger partial charge is 0.270 e. The molecule has 3 aromatic rings. The summed E-state index contributed by atoms with van der Waals surface area (Å²) < 4.78 is 6.11. The second-order valence-electron chi connectivity index (χ2n) is 9.40. The second kappa shape index (κ2) is 10.2. The first-order valence-corrected chi connectivity index (χ1v) is 13.3. The molecular formula is C28H31N3O3S. The Labute approximate surface area is 210 Å². The molecular weight excluding hydrogens is 458 g/mol. The fourth-order valence-electron chi connectivity index (χ4n) is 4.64. The van der Waals surface area contributed by atoms with E-state index in [2.05, 4.69) is 58.5 Å². The first kappa shape index (κ1) is 23.5. The molecule has 0 radical (unpaired) electrons. The van der Waals surface area contributed by atoms with Crippen LogP contribution in [0.2, 0.25) is 0 Å². The molecule has 2 amide bonds. The highest BCUT2D eigenvalue weighted by molar-refractivity contribution is 7.09. The van der Waals surface area contributed by atoms with Gasteiger partial charge in [-0.2, -0.15) is 0 Å². The van der Waals surface area contributed by atoms with Crippen LogP contribution in [0.5, 0.6) is 5.75 Å². The molecule has 0 unspecified atom stereocenters. The summed E-state index contributed by atoms with van der Waals surface area (Å²) in [4.78, 5) is 31.9. The quantitative estimate of drug-likeness (QED) is 0.480. The number of nitrogens with zero attached hydrogens (tertiary/aromatic N) is 2. The van der Waals surface area contributed by atoms with Crippen LogP contribution >= 0.6 is 11.3 Å². The van der Waals surface area contributed by atoms with Crippen molar-refractivity contribution in [2.24, 2.45) is 5.92 Å². The standard InChI is InChI=1S/C28H31N3O3S/c1-3-12-29-27(32)24-17-35-25(30-24)16-34-22-10-9-19-11-13-31(28(33)20-7-8-20)26(23(19)15-22)21-6-4-5-18(2)14-21/h4-6,9-10,14-15,17,20,26H,3,7-8,11-13,16H2,1-2H3,(H,29,32)/t26-/m1/s1. The molecule has 2 heterocycles. The van der Waals surface area contributed by atoms with Gasteiger partial charge in [-0.25, -0.2) is 4.98 Å². The molecule has 0 bridgehead atoms. The molecule has 2 aromatic carbocycles. The van der Waals surface area contributed by atoms with Crippen molar-refractivity contribution in [1.82, 2.24) is 15.2 Å². The first-order chi connectivity index (χ1) is 17.0. The average molecular weight is 490 g/mol. The van der Waals surface area contributed by atoms with Crippen molar-refractivity contribution in [2.75, 3.05) is 13.1 Å². The Morgan fingerprint density at radius 3 is 2.83 bits per heavy atom. The maximum absolute atomic E-state index is 13.2. The highest BCUT2D eigenvalue weighted by atomic mass is 32.1. The number of benzene rings is 2. The van der Waals surface area contributed by atoms with Gasteiger partial charge in [-0.3, -0.25) is 9.59 Å². The van der Waals surface area contributed by atoms with Crippen molar-refractivity contribution in [3.05, 3.63) is 80.8 Å². The number of hydrogen-bond acceptors (Lipinski definition) is 5. The lowest BCUT2D eigenvalue weighted by atomic mass is 9.87. The van der Waals surface area contributed by atoms with Crippen molar-refractivity contribution >= 4 is 23.2 Å². The number of fused-ring (bicyclic) bond motifs is 1. The van der Waals surface area contributed by atoms with Crippen molar-refractivity contribution in [3.8, 4) is 5.75 Å². The Morgan fingerprint density at radius 1 is 1.20 bits per heavy atom. The van der Waals surface area contributed by atoms with Crippen LogP contribution in [0.15, 0.2) is 47.8 Å². The molecule has 1 saturated carbocycles. The summed E-state index contributed by atoms with van der Waals surface area (Å²) in [6.07, 6.45) is 3.73. The fraction of sp³-hybridized carbons (Fsp3) is 0.393. The SMILES string of the molecule is CCCNC(=O)c1csc(COc2ccc3c(c2)[C@@H](c2cccc(C)c2)N(C(=O)C2CC2)CC3)n1. The van der Waals surface area contributed by atoms with Gasteiger partial charge in [-0.05, 0) is 61.4 Å². The lowest BCUT2D eigenvalue weighted by Crippen LogP contribution is -2.41. The van der Waals surface area contributed by atoms with Crippen LogP contribution in [0, 0.1) is 12.8 Å². The molecule has 1 N–H and O–H groups in total. The van der Waals surface area contributed by atoms with Crippen LogP contribution in [0.4, 0.5) is 0 Å². The van der Waals surface area contributed by atoms with Crippen molar-refractivity contribution in [1.29, 1.82) is 0 Å². The highest BCUT2D eigenvalue weighted by Gasteiger charge is 2.39. The fourth-order valence-corrected chi connectivity index (χ4v) is 5.33. The zero-order valence-electron chi connectivity index (χ0n) is 20.3. The number of nitrogens with one attached hydrogen (secondary N) is 1. The predicted octanol–water partition coefficient (Wildman–Crippen LogP) is 5.05. The molecule has 5 rings (SSSR count). The average Bonchev–Trinajstić information content (AvgIpc) is 3.62. The van der Waals surface area contributed by atoms with E-state index in [4.69, 9.17) is 4.74 Å². The number of hydrogen-bond donors (Lipinski definition) is 1. The first-order valence-electron chi connectivity index (χ1n) is 12.4. The van der Waals surface area contributed by atoms with Gasteiger partial charge in [0.25, 0.3) is 5.91 Å². The summed E-state index contributed by atoms with van der Waals surface area (Å²) in [7, 11) is 0. The van der Waals surface area contributed by atoms with Gasteiger partial charge in [-0.1, -0.05) is 42.8 Å². The summed E-state index contributed by atoms with van der Waals surface area (Å²) in [5.41, 5.74) is 5.14. The van der Waals surface area contributed by atoms with Gasteiger partial charge < -0.3 is 15.0 Å². The molecule has 35 heavy (non-hydrogen) atoms. The Bertz CT molecular complexity index is 1230. The Balaban J connectivity index is 1.38. The molecule has 1 fully saturated rings. The number of aromatic nitrogens is 1. The Hall–Kier alpha value is -3.19. The van der Waals surface area contributed by atoms with Crippen LogP contribution in [-0.2, 0) is 17.8 Å². The van der Waals surface area contributed by atoms with E-state index in [0.29, 0.717) is 18.8 Å². The summed E-state index contributed by atoms with van der Waals surface area (Å²) in [5.74, 6) is 1.04.